The summed E-state index contributed by atoms with van der Waals surface area (Å²) in [6.45, 7) is 1.81. The molecular weight excluding hydrogens is 378 g/mol. The van der Waals surface area contributed by atoms with Gasteiger partial charge in [-0.15, -0.1) is 11.8 Å². The molecule has 142 valence electrons. The molecule has 0 unspecified atom stereocenters. The minimum Gasteiger partial charge on any atom is -0.455 e. The predicted molar refractivity (Wildman–Crippen MR) is 108 cm³/mol. The van der Waals surface area contributed by atoms with E-state index in [-0.39, 0.29) is 16.8 Å². The van der Waals surface area contributed by atoms with Gasteiger partial charge >= 0.3 is 0 Å². The van der Waals surface area contributed by atoms with E-state index in [1.807, 2.05) is 37.3 Å². The number of nitro groups is 1. The number of nitrogens with zero attached hydrogens (tertiary/aromatic N) is 2. The lowest BCUT2D eigenvalue weighted by Gasteiger charge is -2.08. The largest absolute Gasteiger partial charge is 0.455 e. The molecule has 2 aromatic carbocycles. The van der Waals surface area contributed by atoms with Crippen molar-refractivity contribution >= 4 is 29.6 Å². The molecule has 7 nitrogen and oxygen atoms in total. The highest BCUT2D eigenvalue weighted by molar-refractivity contribution is 8.00. The highest BCUT2D eigenvalue weighted by Crippen LogP contribution is 2.24. The number of non-ortho nitro benzene ring substituents is 1. The van der Waals surface area contributed by atoms with E-state index in [1.54, 1.807) is 24.3 Å². The van der Waals surface area contributed by atoms with Crippen LogP contribution >= 0.6 is 11.8 Å². The standard InChI is InChI=1S/C20H17N3O4S/c1-14(28-18-5-3-2-4-6-18)20(24)22-21-13-17-11-12-19(27-17)15-7-9-16(10-8-15)23(25)26/h2-14H,1H3,(H,22,24)/b21-13-/t14-/m0/s1. The summed E-state index contributed by atoms with van der Waals surface area (Å²) < 4.78 is 5.63. The molecule has 0 aliphatic carbocycles. The summed E-state index contributed by atoms with van der Waals surface area (Å²) in [7, 11) is 0. The number of benzene rings is 2. The lowest BCUT2D eigenvalue weighted by molar-refractivity contribution is -0.384. The Bertz CT molecular complexity index is 984. The van der Waals surface area contributed by atoms with Crippen molar-refractivity contribution in [3.63, 3.8) is 0 Å². The molecule has 1 atom stereocenters. The van der Waals surface area contributed by atoms with Crippen LogP contribution in [-0.2, 0) is 4.79 Å². The number of hydrogen-bond donors (Lipinski definition) is 1. The Morgan fingerprint density at radius 3 is 2.54 bits per heavy atom. The zero-order valence-electron chi connectivity index (χ0n) is 14.9. The van der Waals surface area contributed by atoms with Gasteiger partial charge < -0.3 is 4.42 Å². The van der Waals surface area contributed by atoms with E-state index >= 15 is 0 Å². The van der Waals surface area contributed by atoms with Gasteiger partial charge in [-0.05, 0) is 43.3 Å². The molecule has 0 aliphatic heterocycles. The maximum atomic E-state index is 12.1. The van der Waals surface area contributed by atoms with Gasteiger partial charge in [-0.25, -0.2) is 5.43 Å². The van der Waals surface area contributed by atoms with Crippen molar-refractivity contribution in [2.24, 2.45) is 5.10 Å². The van der Waals surface area contributed by atoms with Crippen LogP contribution in [0.4, 0.5) is 5.69 Å². The predicted octanol–water partition coefficient (Wildman–Crippen LogP) is 4.49. The van der Waals surface area contributed by atoms with Gasteiger partial charge in [0.1, 0.15) is 11.5 Å². The highest BCUT2D eigenvalue weighted by Gasteiger charge is 2.13. The fourth-order valence-corrected chi connectivity index (χ4v) is 3.21. The first kappa shape index (κ1) is 19.4. The molecule has 0 bridgehead atoms. The number of carbonyl (C=O) groups excluding carboxylic acids is 1. The Hall–Kier alpha value is -3.39. The fraction of sp³-hybridized carbons (Fsp3) is 0.100. The van der Waals surface area contributed by atoms with Crippen molar-refractivity contribution in [1.29, 1.82) is 0 Å². The SMILES string of the molecule is C[C@H](Sc1ccccc1)C(=O)N/N=C\c1ccc(-c2ccc([N+](=O)[O-])cc2)o1. The van der Waals surface area contributed by atoms with E-state index in [2.05, 4.69) is 10.5 Å². The van der Waals surface area contributed by atoms with Crippen LogP contribution in [0.1, 0.15) is 12.7 Å². The van der Waals surface area contributed by atoms with Crippen LogP contribution in [0.3, 0.4) is 0 Å². The van der Waals surface area contributed by atoms with Gasteiger partial charge in [0.15, 0.2) is 0 Å². The second-order valence-corrected chi connectivity index (χ2v) is 7.23. The molecule has 1 amide bonds. The quantitative estimate of drug-likeness (QED) is 0.275. The number of nitrogens with one attached hydrogen (secondary N) is 1. The fourth-order valence-electron chi connectivity index (χ4n) is 2.33. The van der Waals surface area contributed by atoms with Crippen LogP contribution in [0.5, 0.6) is 0 Å². The van der Waals surface area contributed by atoms with Gasteiger partial charge in [-0.1, -0.05) is 18.2 Å². The maximum absolute atomic E-state index is 12.1. The van der Waals surface area contributed by atoms with Crippen LogP contribution in [0.15, 0.2) is 81.1 Å². The Morgan fingerprint density at radius 2 is 1.86 bits per heavy atom. The van der Waals surface area contributed by atoms with Gasteiger partial charge in [-0.2, -0.15) is 5.10 Å². The number of thioether (sulfide) groups is 1. The summed E-state index contributed by atoms with van der Waals surface area (Å²) in [6.07, 6.45) is 1.41. The molecule has 1 heterocycles. The topological polar surface area (TPSA) is 97.7 Å². The second kappa shape index (κ2) is 9.01. The number of nitro benzene ring substituents is 1. The zero-order valence-corrected chi connectivity index (χ0v) is 15.8. The van der Waals surface area contributed by atoms with E-state index < -0.39 is 4.92 Å². The maximum Gasteiger partial charge on any atom is 0.269 e. The summed E-state index contributed by atoms with van der Waals surface area (Å²) in [5.74, 6) is 0.792. The third-order valence-corrected chi connectivity index (χ3v) is 4.89. The zero-order chi connectivity index (χ0) is 19.9. The van der Waals surface area contributed by atoms with E-state index in [9.17, 15) is 14.9 Å². The Labute approximate surface area is 165 Å². The van der Waals surface area contributed by atoms with Crippen LogP contribution in [-0.4, -0.2) is 22.3 Å². The Morgan fingerprint density at radius 1 is 1.14 bits per heavy atom. The molecule has 8 heteroatoms. The third-order valence-electron chi connectivity index (χ3n) is 3.78. The average molecular weight is 395 g/mol. The normalized spacial score (nSPS) is 12.0. The molecule has 0 fully saturated rings. The summed E-state index contributed by atoms with van der Waals surface area (Å²) in [5.41, 5.74) is 3.22. The first-order chi connectivity index (χ1) is 13.5. The van der Waals surface area contributed by atoms with Crippen molar-refractivity contribution in [3.05, 3.63) is 82.6 Å². The van der Waals surface area contributed by atoms with Crippen molar-refractivity contribution in [2.75, 3.05) is 0 Å². The molecule has 0 saturated heterocycles. The number of amides is 1. The van der Waals surface area contributed by atoms with Crippen molar-refractivity contribution in [3.8, 4) is 11.3 Å². The van der Waals surface area contributed by atoms with Gasteiger partial charge in [-0.3, -0.25) is 14.9 Å². The number of hydrazone groups is 1. The smallest absolute Gasteiger partial charge is 0.269 e. The molecule has 28 heavy (non-hydrogen) atoms. The van der Waals surface area contributed by atoms with E-state index in [0.29, 0.717) is 17.1 Å². The molecule has 0 radical (unpaired) electrons. The molecule has 0 spiro atoms. The van der Waals surface area contributed by atoms with Crippen LogP contribution in [0.2, 0.25) is 0 Å². The van der Waals surface area contributed by atoms with E-state index in [0.717, 1.165) is 4.90 Å². The number of rotatable bonds is 7. The first-order valence-electron chi connectivity index (χ1n) is 8.42. The first-order valence-corrected chi connectivity index (χ1v) is 9.30. The number of carbonyl (C=O) groups is 1. The number of furan rings is 1. The molecule has 1 N–H and O–H groups in total. The van der Waals surface area contributed by atoms with E-state index in [1.165, 1.54) is 30.1 Å². The average Bonchev–Trinajstić information content (AvgIpc) is 3.17. The summed E-state index contributed by atoms with van der Waals surface area (Å²) in [6, 6.07) is 19.1. The van der Waals surface area contributed by atoms with Crippen LogP contribution in [0, 0.1) is 10.1 Å². The van der Waals surface area contributed by atoms with Gasteiger partial charge in [0, 0.05) is 22.6 Å². The van der Waals surface area contributed by atoms with Gasteiger partial charge in [0.05, 0.1) is 16.4 Å². The monoisotopic (exact) mass is 395 g/mol. The lowest BCUT2D eigenvalue weighted by Crippen LogP contribution is -2.26. The summed E-state index contributed by atoms with van der Waals surface area (Å²) >= 11 is 1.45. The molecule has 3 rings (SSSR count). The minimum atomic E-state index is -0.455. The summed E-state index contributed by atoms with van der Waals surface area (Å²) in [4.78, 5) is 23.4. The third kappa shape index (κ3) is 5.08. The van der Waals surface area contributed by atoms with Crippen LogP contribution in [0.25, 0.3) is 11.3 Å². The molecule has 0 aliphatic rings. The molecular formula is C20H17N3O4S. The minimum absolute atomic E-state index is 0.0160. The molecule has 1 aromatic heterocycles. The highest BCUT2D eigenvalue weighted by atomic mass is 32.2. The van der Waals surface area contributed by atoms with Crippen molar-refractivity contribution in [2.45, 2.75) is 17.1 Å². The van der Waals surface area contributed by atoms with Crippen molar-refractivity contribution < 1.29 is 14.1 Å². The van der Waals surface area contributed by atoms with Crippen molar-refractivity contribution in [1.82, 2.24) is 5.43 Å². The lowest BCUT2D eigenvalue weighted by atomic mass is 10.1. The van der Waals surface area contributed by atoms with Gasteiger partial charge in [0.25, 0.3) is 11.6 Å². The molecule has 3 aromatic rings. The molecule has 0 saturated carbocycles. The second-order valence-electron chi connectivity index (χ2n) is 5.81. The Kier molecular flexibility index (Phi) is 6.23. The Balaban J connectivity index is 1.56. The van der Waals surface area contributed by atoms with Crippen LogP contribution < -0.4 is 5.43 Å². The van der Waals surface area contributed by atoms with Gasteiger partial charge in [0.2, 0.25) is 0 Å². The van der Waals surface area contributed by atoms with E-state index in [4.69, 9.17) is 4.42 Å². The number of hydrogen-bond acceptors (Lipinski definition) is 6. The summed E-state index contributed by atoms with van der Waals surface area (Å²) in [5, 5.41) is 14.3.